The molecule has 0 aliphatic heterocycles. The molecule has 1 aromatic rings. The van der Waals surface area contributed by atoms with Crippen LogP contribution in [0.3, 0.4) is 0 Å². The number of halogens is 3. The summed E-state index contributed by atoms with van der Waals surface area (Å²) in [6.45, 7) is 3.84. The highest BCUT2D eigenvalue weighted by molar-refractivity contribution is 9.10. The molecule has 1 aromatic carbocycles. The van der Waals surface area contributed by atoms with Crippen molar-refractivity contribution >= 4 is 15.9 Å². The fourth-order valence-electron chi connectivity index (χ4n) is 1.64. The minimum absolute atomic E-state index is 0.0990. The van der Waals surface area contributed by atoms with Gasteiger partial charge in [-0.3, -0.25) is 0 Å². The molecule has 0 heterocycles. The van der Waals surface area contributed by atoms with Gasteiger partial charge in [-0.05, 0) is 41.0 Å². The lowest BCUT2D eigenvalue weighted by molar-refractivity contribution is 0.403. The van der Waals surface area contributed by atoms with Gasteiger partial charge in [-0.15, -0.1) is 0 Å². The van der Waals surface area contributed by atoms with E-state index in [1.165, 1.54) is 12.1 Å². The Morgan fingerprint density at radius 2 is 1.87 bits per heavy atom. The standard InChI is InChI=1S/C11H14BrF2N/c1-6(2)11(15-3)9-8(13)5-4-7(12)10(9)14/h4-6,11,15H,1-3H3. The molecular formula is C11H14BrF2N. The summed E-state index contributed by atoms with van der Waals surface area (Å²) in [4.78, 5) is 0. The highest BCUT2D eigenvalue weighted by atomic mass is 79.9. The van der Waals surface area contributed by atoms with Crippen molar-refractivity contribution in [1.82, 2.24) is 5.32 Å². The van der Waals surface area contributed by atoms with Gasteiger partial charge in [-0.25, -0.2) is 8.78 Å². The van der Waals surface area contributed by atoms with Crippen LogP contribution >= 0.6 is 15.9 Å². The Balaban J connectivity index is 3.27. The van der Waals surface area contributed by atoms with E-state index in [1.54, 1.807) is 7.05 Å². The zero-order valence-electron chi connectivity index (χ0n) is 8.94. The van der Waals surface area contributed by atoms with Crippen LogP contribution in [0.5, 0.6) is 0 Å². The number of hydrogen-bond acceptors (Lipinski definition) is 1. The highest BCUT2D eigenvalue weighted by Crippen LogP contribution is 2.30. The summed E-state index contributed by atoms with van der Waals surface area (Å²) >= 11 is 3.06. The van der Waals surface area contributed by atoms with Crippen LogP contribution in [-0.4, -0.2) is 7.05 Å². The minimum Gasteiger partial charge on any atom is -0.313 e. The van der Waals surface area contributed by atoms with Gasteiger partial charge in [0.1, 0.15) is 11.6 Å². The number of hydrogen-bond donors (Lipinski definition) is 1. The molecule has 0 aromatic heterocycles. The molecule has 15 heavy (non-hydrogen) atoms. The number of rotatable bonds is 3. The van der Waals surface area contributed by atoms with Crippen molar-refractivity contribution in [2.75, 3.05) is 7.05 Å². The normalized spacial score (nSPS) is 13.3. The van der Waals surface area contributed by atoms with Crippen molar-refractivity contribution in [2.45, 2.75) is 19.9 Å². The third-order valence-electron chi connectivity index (χ3n) is 2.37. The van der Waals surface area contributed by atoms with Gasteiger partial charge in [0.05, 0.1) is 4.47 Å². The van der Waals surface area contributed by atoms with E-state index in [9.17, 15) is 8.78 Å². The molecule has 0 radical (unpaired) electrons. The van der Waals surface area contributed by atoms with Crippen molar-refractivity contribution in [3.63, 3.8) is 0 Å². The van der Waals surface area contributed by atoms with E-state index in [1.807, 2.05) is 13.8 Å². The Hall–Kier alpha value is -0.480. The monoisotopic (exact) mass is 277 g/mol. The summed E-state index contributed by atoms with van der Waals surface area (Å²) in [6, 6.07) is 2.33. The van der Waals surface area contributed by atoms with Gasteiger partial charge in [-0.1, -0.05) is 13.8 Å². The average Bonchev–Trinajstić information content (AvgIpc) is 2.18. The molecule has 0 amide bonds. The fraction of sp³-hybridized carbons (Fsp3) is 0.455. The molecule has 1 N–H and O–H groups in total. The number of benzene rings is 1. The summed E-state index contributed by atoms with van der Waals surface area (Å²) < 4.78 is 27.6. The van der Waals surface area contributed by atoms with E-state index in [4.69, 9.17) is 0 Å². The van der Waals surface area contributed by atoms with Crippen LogP contribution in [0.2, 0.25) is 0 Å². The molecule has 0 bridgehead atoms. The molecule has 1 atom stereocenters. The maximum Gasteiger partial charge on any atom is 0.145 e. The van der Waals surface area contributed by atoms with Crippen molar-refractivity contribution < 1.29 is 8.78 Å². The topological polar surface area (TPSA) is 12.0 Å². The van der Waals surface area contributed by atoms with Crippen LogP contribution in [-0.2, 0) is 0 Å². The first kappa shape index (κ1) is 12.6. The van der Waals surface area contributed by atoms with Crippen LogP contribution in [0, 0.1) is 17.6 Å². The van der Waals surface area contributed by atoms with E-state index in [0.717, 1.165) is 0 Å². The zero-order chi connectivity index (χ0) is 11.6. The minimum atomic E-state index is -0.525. The smallest absolute Gasteiger partial charge is 0.145 e. The predicted octanol–water partition coefficient (Wildman–Crippen LogP) is 3.64. The Kier molecular flexibility index (Phi) is 4.22. The van der Waals surface area contributed by atoms with Crippen LogP contribution in [0.1, 0.15) is 25.5 Å². The van der Waals surface area contributed by atoms with Gasteiger partial charge in [0.25, 0.3) is 0 Å². The Labute approximate surface area is 97.0 Å². The third kappa shape index (κ3) is 2.55. The molecule has 84 valence electrons. The molecular weight excluding hydrogens is 264 g/mol. The number of nitrogens with one attached hydrogen (secondary N) is 1. The average molecular weight is 278 g/mol. The summed E-state index contributed by atoms with van der Waals surface area (Å²) in [5.74, 6) is -0.917. The largest absolute Gasteiger partial charge is 0.313 e. The lowest BCUT2D eigenvalue weighted by Gasteiger charge is -2.22. The van der Waals surface area contributed by atoms with Gasteiger partial charge >= 0.3 is 0 Å². The summed E-state index contributed by atoms with van der Waals surface area (Å²) in [5, 5.41) is 2.93. The third-order valence-corrected chi connectivity index (χ3v) is 2.98. The van der Waals surface area contributed by atoms with E-state index in [-0.39, 0.29) is 17.5 Å². The fourth-order valence-corrected chi connectivity index (χ4v) is 1.98. The van der Waals surface area contributed by atoms with Gasteiger partial charge < -0.3 is 5.32 Å². The second kappa shape index (κ2) is 5.03. The van der Waals surface area contributed by atoms with Crippen LogP contribution < -0.4 is 5.32 Å². The lowest BCUT2D eigenvalue weighted by atomic mass is 9.95. The first-order valence-electron chi connectivity index (χ1n) is 4.79. The van der Waals surface area contributed by atoms with E-state index in [0.29, 0.717) is 4.47 Å². The molecule has 1 unspecified atom stereocenters. The molecule has 0 spiro atoms. The molecule has 0 saturated heterocycles. The highest BCUT2D eigenvalue weighted by Gasteiger charge is 2.23. The Morgan fingerprint density at radius 1 is 1.27 bits per heavy atom. The van der Waals surface area contributed by atoms with E-state index < -0.39 is 11.6 Å². The van der Waals surface area contributed by atoms with Gasteiger partial charge in [0, 0.05) is 11.6 Å². The van der Waals surface area contributed by atoms with Crippen LogP contribution in [0.4, 0.5) is 8.78 Å². The molecule has 0 fully saturated rings. The second-order valence-electron chi connectivity index (χ2n) is 3.77. The van der Waals surface area contributed by atoms with E-state index in [2.05, 4.69) is 21.2 Å². The van der Waals surface area contributed by atoms with Crippen molar-refractivity contribution in [1.29, 1.82) is 0 Å². The molecule has 0 aliphatic carbocycles. The Morgan fingerprint density at radius 3 is 2.33 bits per heavy atom. The summed E-state index contributed by atoms with van der Waals surface area (Å²) in [6.07, 6.45) is 0. The van der Waals surface area contributed by atoms with Gasteiger partial charge in [0.2, 0.25) is 0 Å². The molecule has 4 heteroatoms. The SMILES string of the molecule is CNC(c1c(F)ccc(Br)c1F)C(C)C. The van der Waals surface area contributed by atoms with Crippen molar-refractivity contribution in [2.24, 2.45) is 5.92 Å². The zero-order valence-corrected chi connectivity index (χ0v) is 10.5. The first-order valence-corrected chi connectivity index (χ1v) is 5.59. The van der Waals surface area contributed by atoms with Gasteiger partial charge in [-0.2, -0.15) is 0 Å². The predicted molar refractivity (Wildman–Crippen MR) is 60.7 cm³/mol. The molecule has 0 aliphatic rings. The maximum absolute atomic E-state index is 13.7. The molecule has 1 nitrogen and oxygen atoms in total. The first-order chi connectivity index (χ1) is 6.99. The molecule has 1 rings (SSSR count). The summed E-state index contributed by atoms with van der Waals surface area (Å²) in [7, 11) is 1.70. The van der Waals surface area contributed by atoms with Crippen molar-refractivity contribution in [3.05, 3.63) is 33.8 Å². The van der Waals surface area contributed by atoms with Crippen molar-refractivity contribution in [3.8, 4) is 0 Å². The van der Waals surface area contributed by atoms with E-state index >= 15 is 0 Å². The van der Waals surface area contributed by atoms with Crippen LogP contribution in [0.15, 0.2) is 16.6 Å². The quantitative estimate of drug-likeness (QED) is 0.832. The van der Waals surface area contributed by atoms with Gasteiger partial charge in [0.15, 0.2) is 0 Å². The molecule has 0 saturated carbocycles. The summed E-state index contributed by atoms with van der Waals surface area (Å²) in [5.41, 5.74) is 0.0990. The maximum atomic E-state index is 13.7. The second-order valence-corrected chi connectivity index (χ2v) is 4.62. The Bertz CT molecular complexity index is 353. The lowest BCUT2D eigenvalue weighted by Crippen LogP contribution is -2.24. The van der Waals surface area contributed by atoms with Crippen LogP contribution in [0.25, 0.3) is 0 Å².